The summed E-state index contributed by atoms with van der Waals surface area (Å²) in [5.41, 5.74) is -0.347. The number of carboxylic acid groups (broad SMARTS) is 1. The maximum atomic E-state index is 12.2. The lowest BCUT2D eigenvalue weighted by molar-refractivity contribution is -0.144. The molecule has 1 fully saturated rings. The standard InChI is InChI=1S/C19H27NO4/c1-2-19(18(22)23,16-6-4-3-5-7-16)14-20-17(21)9-8-15-10-12-24-13-11-15/h3-7,15H,2,8-14H2,1H3,(H,20,21)(H,22,23). The van der Waals surface area contributed by atoms with E-state index in [1.54, 1.807) is 0 Å². The molecule has 0 aromatic heterocycles. The van der Waals surface area contributed by atoms with Crippen LogP contribution in [-0.2, 0) is 19.7 Å². The predicted octanol–water partition coefficient (Wildman–Crippen LogP) is 2.74. The van der Waals surface area contributed by atoms with Crippen LogP contribution >= 0.6 is 0 Å². The van der Waals surface area contributed by atoms with Gasteiger partial charge in [0.25, 0.3) is 0 Å². The molecule has 1 unspecified atom stereocenters. The average Bonchev–Trinajstić information content (AvgIpc) is 2.62. The monoisotopic (exact) mass is 333 g/mol. The minimum Gasteiger partial charge on any atom is -0.481 e. The molecule has 1 aromatic carbocycles. The molecule has 1 amide bonds. The number of ether oxygens (including phenoxy) is 1. The Hall–Kier alpha value is -1.88. The number of carboxylic acids is 1. The highest BCUT2D eigenvalue weighted by molar-refractivity contribution is 5.83. The molecule has 5 nitrogen and oxygen atoms in total. The van der Waals surface area contributed by atoms with Crippen molar-refractivity contribution in [2.45, 2.75) is 44.4 Å². The number of hydrogen-bond donors (Lipinski definition) is 2. The van der Waals surface area contributed by atoms with Gasteiger partial charge in [-0.1, -0.05) is 37.3 Å². The zero-order valence-electron chi connectivity index (χ0n) is 14.3. The van der Waals surface area contributed by atoms with Gasteiger partial charge < -0.3 is 15.2 Å². The smallest absolute Gasteiger partial charge is 0.315 e. The number of amides is 1. The summed E-state index contributed by atoms with van der Waals surface area (Å²) < 4.78 is 5.32. The molecule has 0 aliphatic carbocycles. The van der Waals surface area contributed by atoms with Crippen LogP contribution in [0.5, 0.6) is 0 Å². The van der Waals surface area contributed by atoms with Gasteiger partial charge >= 0.3 is 5.97 Å². The van der Waals surface area contributed by atoms with Crippen molar-refractivity contribution in [3.05, 3.63) is 35.9 Å². The van der Waals surface area contributed by atoms with Crippen molar-refractivity contribution < 1.29 is 19.4 Å². The molecule has 1 aliphatic rings. The lowest BCUT2D eigenvalue weighted by Crippen LogP contribution is -2.46. The van der Waals surface area contributed by atoms with Gasteiger partial charge in [-0.3, -0.25) is 9.59 Å². The van der Waals surface area contributed by atoms with E-state index in [0.29, 0.717) is 18.8 Å². The van der Waals surface area contributed by atoms with Crippen LogP contribution in [0.4, 0.5) is 0 Å². The van der Waals surface area contributed by atoms with Crippen molar-refractivity contribution in [2.75, 3.05) is 19.8 Å². The van der Waals surface area contributed by atoms with E-state index in [-0.39, 0.29) is 12.5 Å². The number of benzene rings is 1. The third kappa shape index (κ3) is 4.57. The van der Waals surface area contributed by atoms with Crippen molar-refractivity contribution in [3.63, 3.8) is 0 Å². The van der Waals surface area contributed by atoms with Crippen LogP contribution in [0.3, 0.4) is 0 Å². The topological polar surface area (TPSA) is 75.6 Å². The molecule has 5 heteroatoms. The highest BCUT2D eigenvalue weighted by Gasteiger charge is 2.38. The minimum atomic E-state index is -1.07. The maximum Gasteiger partial charge on any atom is 0.315 e. The Morgan fingerprint density at radius 3 is 2.50 bits per heavy atom. The van der Waals surface area contributed by atoms with Crippen molar-refractivity contribution in [3.8, 4) is 0 Å². The van der Waals surface area contributed by atoms with Crippen LogP contribution in [0.15, 0.2) is 30.3 Å². The van der Waals surface area contributed by atoms with Crippen LogP contribution < -0.4 is 5.32 Å². The second-order valence-electron chi connectivity index (χ2n) is 6.48. The Morgan fingerprint density at radius 2 is 1.92 bits per heavy atom. The quantitative estimate of drug-likeness (QED) is 0.767. The molecule has 24 heavy (non-hydrogen) atoms. The van der Waals surface area contributed by atoms with E-state index < -0.39 is 11.4 Å². The second kappa shape index (κ2) is 8.83. The maximum absolute atomic E-state index is 12.2. The Labute approximate surface area is 143 Å². The van der Waals surface area contributed by atoms with Crippen molar-refractivity contribution >= 4 is 11.9 Å². The predicted molar refractivity (Wildman–Crippen MR) is 91.8 cm³/mol. The summed E-state index contributed by atoms with van der Waals surface area (Å²) in [7, 11) is 0. The molecule has 1 aromatic rings. The zero-order valence-corrected chi connectivity index (χ0v) is 14.3. The highest BCUT2D eigenvalue weighted by atomic mass is 16.5. The molecule has 0 saturated carbocycles. The molecule has 0 bridgehead atoms. The minimum absolute atomic E-state index is 0.0727. The van der Waals surface area contributed by atoms with Gasteiger partial charge in [0.2, 0.25) is 5.91 Å². The van der Waals surface area contributed by atoms with E-state index in [1.165, 1.54) is 0 Å². The molecule has 0 radical (unpaired) electrons. The van der Waals surface area contributed by atoms with Crippen LogP contribution in [-0.4, -0.2) is 36.7 Å². The van der Waals surface area contributed by atoms with Gasteiger partial charge in [0.1, 0.15) is 5.41 Å². The lowest BCUT2D eigenvalue weighted by atomic mass is 9.78. The summed E-state index contributed by atoms with van der Waals surface area (Å²) in [6.45, 7) is 3.52. The summed E-state index contributed by atoms with van der Waals surface area (Å²) in [6, 6.07) is 9.14. The summed E-state index contributed by atoms with van der Waals surface area (Å²) >= 11 is 0. The van der Waals surface area contributed by atoms with Crippen molar-refractivity contribution in [1.82, 2.24) is 5.32 Å². The molecule has 0 spiro atoms. The van der Waals surface area contributed by atoms with E-state index >= 15 is 0 Å². The Kier molecular flexibility index (Phi) is 6.79. The second-order valence-corrected chi connectivity index (χ2v) is 6.48. The van der Waals surface area contributed by atoms with E-state index in [2.05, 4.69) is 5.32 Å². The van der Waals surface area contributed by atoms with E-state index in [4.69, 9.17) is 4.74 Å². The molecular weight excluding hydrogens is 306 g/mol. The molecule has 132 valence electrons. The van der Waals surface area contributed by atoms with Gasteiger partial charge in [0, 0.05) is 26.2 Å². The van der Waals surface area contributed by atoms with Crippen molar-refractivity contribution in [2.24, 2.45) is 5.92 Å². The van der Waals surface area contributed by atoms with Crippen LogP contribution in [0.2, 0.25) is 0 Å². The Morgan fingerprint density at radius 1 is 1.25 bits per heavy atom. The molecule has 1 atom stereocenters. The summed E-state index contributed by atoms with van der Waals surface area (Å²) in [6.07, 6.45) is 3.72. The number of hydrogen-bond acceptors (Lipinski definition) is 3. The fourth-order valence-corrected chi connectivity index (χ4v) is 3.25. The number of nitrogens with one attached hydrogen (secondary N) is 1. The summed E-state index contributed by atoms with van der Waals surface area (Å²) in [5.74, 6) is -0.438. The highest BCUT2D eigenvalue weighted by Crippen LogP contribution is 2.28. The van der Waals surface area contributed by atoms with E-state index in [1.807, 2.05) is 37.3 Å². The Balaban J connectivity index is 1.92. The summed E-state index contributed by atoms with van der Waals surface area (Å²) in [5, 5.41) is 12.6. The summed E-state index contributed by atoms with van der Waals surface area (Å²) in [4.78, 5) is 24.1. The number of rotatable bonds is 8. The fourth-order valence-electron chi connectivity index (χ4n) is 3.25. The number of carbonyl (C=O) groups is 2. The van der Waals surface area contributed by atoms with E-state index in [9.17, 15) is 14.7 Å². The normalized spacial score (nSPS) is 17.9. The molecule has 1 saturated heterocycles. The van der Waals surface area contributed by atoms with Gasteiger partial charge in [-0.05, 0) is 37.2 Å². The van der Waals surface area contributed by atoms with E-state index in [0.717, 1.165) is 38.0 Å². The average molecular weight is 333 g/mol. The third-order valence-corrected chi connectivity index (χ3v) is 5.05. The molecule has 2 rings (SSSR count). The molecular formula is C19H27NO4. The van der Waals surface area contributed by atoms with Crippen LogP contribution in [0, 0.1) is 5.92 Å². The Bertz CT molecular complexity index is 540. The first-order valence-corrected chi connectivity index (χ1v) is 8.72. The van der Waals surface area contributed by atoms with Gasteiger partial charge in [-0.15, -0.1) is 0 Å². The molecule has 1 aliphatic heterocycles. The first-order valence-electron chi connectivity index (χ1n) is 8.72. The zero-order chi connectivity index (χ0) is 17.4. The number of aliphatic carboxylic acids is 1. The molecule has 1 heterocycles. The van der Waals surface area contributed by atoms with Gasteiger partial charge in [-0.2, -0.15) is 0 Å². The van der Waals surface area contributed by atoms with Gasteiger partial charge in [0.05, 0.1) is 0 Å². The first-order chi connectivity index (χ1) is 11.6. The number of carbonyl (C=O) groups excluding carboxylic acids is 1. The van der Waals surface area contributed by atoms with Gasteiger partial charge in [-0.25, -0.2) is 0 Å². The van der Waals surface area contributed by atoms with Crippen LogP contribution in [0.1, 0.15) is 44.6 Å². The van der Waals surface area contributed by atoms with Crippen LogP contribution in [0.25, 0.3) is 0 Å². The first kappa shape index (κ1) is 18.5. The molecule has 2 N–H and O–H groups in total. The SMILES string of the molecule is CCC(CNC(=O)CCC1CCOCC1)(C(=O)O)c1ccccc1. The van der Waals surface area contributed by atoms with Crippen molar-refractivity contribution in [1.29, 1.82) is 0 Å². The van der Waals surface area contributed by atoms with Gasteiger partial charge in [0.15, 0.2) is 0 Å². The lowest BCUT2D eigenvalue weighted by Gasteiger charge is -2.29. The third-order valence-electron chi connectivity index (χ3n) is 5.05. The largest absolute Gasteiger partial charge is 0.481 e. The fraction of sp³-hybridized carbons (Fsp3) is 0.579.